The second kappa shape index (κ2) is 5.04. The van der Waals surface area contributed by atoms with E-state index in [0.717, 1.165) is 19.3 Å². The van der Waals surface area contributed by atoms with Gasteiger partial charge in [0.25, 0.3) is 0 Å². The Hall–Kier alpha value is -1.10. The van der Waals surface area contributed by atoms with Crippen LogP contribution in [0.25, 0.3) is 0 Å². The van der Waals surface area contributed by atoms with Crippen LogP contribution in [-0.4, -0.2) is 54.3 Å². The van der Waals surface area contributed by atoms with Crippen LogP contribution < -0.4 is 5.73 Å². The number of carbonyl (C=O) groups is 2. The highest BCUT2D eigenvalue weighted by Gasteiger charge is 2.29. The molecule has 5 nitrogen and oxygen atoms in total. The van der Waals surface area contributed by atoms with E-state index in [-0.39, 0.29) is 30.9 Å². The lowest BCUT2D eigenvalue weighted by Crippen LogP contribution is -2.52. The third kappa shape index (κ3) is 2.77. The molecule has 0 radical (unpaired) electrons. The predicted molar refractivity (Wildman–Crippen MR) is 64.2 cm³/mol. The van der Waals surface area contributed by atoms with Crippen molar-refractivity contribution in [1.29, 1.82) is 0 Å². The largest absolute Gasteiger partial charge is 0.335 e. The van der Waals surface area contributed by atoms with Gasteiger partial charge in [-0.1, -0.05) is 6.42 Å². The van der Waals surface area contributed by atoms with Crippen LogP contribution in [0.5, 0.6) is 0 Å². The number of hydrogen-bond donors (Lipinski definition) is 1. The summed E-state index contributed by atoms with van der Waals surface area (Å²) in [5, 5.41) is 0. The molecule has 0 aromatic carbocycles. The monoisotopic (exact) mass is 239 g/mol. The predicted octanol–water partition coefficient (Wildman–Crippen LogP) is -0.195. The third-order valence-electron chi connectivity index (χ3n) is 3.96. The summed E-state index contributed by atoms with van der Waals surface area (Å²) < 4.78 is 0. The first-order valence-corrected chi connectivity index (χ1v) is 6.35. The van der Waals surface area contributed by atoms with Gasteiger partial charge in [-0.05, 0) is 25.2 Å². The van der Waals surface area contributed by atoms with E-state index in [0.29, 0.717) is 12.5 Å². The number of nitrogens with two attached hydrogens (primary N) is 1. The minimum Gasteiger partial charge on any atom is -0.335 e. The van der Waals surface area contributed by atoms with Gasteiger partial charge in [-0.2, -0.15) is 0 Å². The molecule has 5 heteroatoms. The molecule has 2 unspecified atom stereocenters. The Morgan fingerprint density at radius 3 is 2.65 bits per heavy atom. The molecule has 2 aliphatic rings. The lowest BCUT2D eigenvalue weighted by Gasteiger charge is -2.32. The molecule has 1 saturated carbocycles. The van der Waals surface area contributed by atoms with Gasteiger partial charge in [0.15, 0.2) is 0 Å². The van der Waals surface area contributed by atoms with Gasteiger partial charge in [0.2, 0.25) is 11.8 Å². The van der Waals surface area contributed by atoms with Crippen molar-refractivity contribution in [2.45, 2.75) is 31.7 Å². The van der Waals surface area contributed by atoms with Crippen LogP contribution in [0.1, 0.15) is 25.7 Å². The molecule has 17 heavy (non-hydrogen) atoms. The second-order valence-corrected chi connectivity index (χ2v) is 5.21. The van der Waals surface area contributed by atoms with Gasteiger partial charge in [0.1, 0.15) is 0 Å². The molecule has 0 aromatic rings. The van der Waals surface area contributed by atoms with E-state index in [1.54, 1.807) is 11.9 Å². The maximum atomic E-state index is 11.7. The molecule has 0 spiro atoms. The first-order chi connectivity index (χ1) is 8.08. The Morgan fingerprint density at radius 2 is 2.00 bits per heavy atom. The van der Waals surface area contributed by atoms with E-state index in [2.05, 4.69) is 0 Å². The van der Waals surface area contributed by atoms with Gasteiger partial charge in [0.05, 0.1) is 13.1 Å². The maximum absolute atomic E-state index is 11.7. The summed E-state index contributed by atoms with van der Waals surface area (Å²) in [6.07, 6.45) is 4.39. The Kier molecular flexibility index (Phi) is 3.66. The number of amides is 2. The number of nitrogens with zero attached hydrogens (tertiary/aromatic N) is 2. The molecule has 2 amide bonds. The second-order valence-electron chi connectivity index (χ2n) is 5.21. The van der Waals surface area contributed by atoms with Gasteiger partial charge in [0, 0.05) is 19.6 Å². The van der Waals surface area contributed by atoms with Crippen molar-refractivity contribution in [2.75, 3.05) is 26.7 Å². The van der Waals surface area contributed by atoms with Crippen molar-refractivity contribution in [3.05, 3.63) is 0 Å². The average Bonchev–Trinajstić information content (AvgIpc) is 2.68. The number of carbonyl (C=O) groups excluding carboxylic acids is 2. The number of hydrogen-bond acceptors (Lipinski definition) is 3. The van der Waals surface area contributed by atoms with E-state index < -0.39 is 0 Å². The molecule has 1 aliphatic carbocycles. The Balaban J connectivity index is 1.82. The molecule has 0 bridgehead atoms. The molecule has 1 saturated heterocycles. The van der Waals surface area contributed by atoms with Crippen molar-refractivity contribution in [1.82, 2.24) is 9.80 Å². The molecule has 1 aliphatic heterocycles. The fraction of sp³-hybridized carbons (Fsp3) is 0.833. The summed E-state index contributed by atoms with van der Waals surface area (Å²) in [7, 11) is 1.67. The van der Waals surface area contributed by atoms with E-state index in [1.165, 1.54) is 11.3 Å². The Labute approximate surface area is 102 Å². The number of likely N-dealkylation sites (N-methyl/N-ethyl adjacent to an activating group) is 1. The van der Waals surface area contributed by atoms with Crippen LogP contribution in [0, 0.1) is 5.92 Å². The molecular formula is C12H21N3O2. The van der Waals surface area contributed by atoms with Crippen LogP contribution >= 0.6 is 0 Å². The quantitative estimate of drug-likeness (QED) is 0.742. The molecule has 96 valence electrons. The standard InChI is InChI=1S/C12H21N3O2/c1-14-7-12(17)15(8-11(14)16)6-5-9-3-2-4-10(9)13/h9-10H,2-8,13H2,1H3. The number of rotatable bonds is 3. The molecule has 2 rings (SSSR count). The molecule has 1 heterocycles. The highest BCUT2D eigenvalue weighted by atomic mass is 16.2. The highest BCUT2D eigenvalue weighted by Crippen LogP contribution is 2.27. The summed E-state index contributed by atoms with van der Waals surface area (Å²) in [4.78, 5) is 26.4. The van der Waals surface area contributed by atoms with Gasteiger partial charge in [-0.3, -0.25) is 9.59 Å². The van der Waals surface area contributed by atoms with Gasteiger partial charge in [-0.15, -0.1) is 0 Å². The SMILES string of the molecule is CN1CC(=O)N(CCC2CCCC2N)CC1=O. The number of piperazine rings is 1. The molecule has 2 atom stereocenters. The van der Waals surface area contributed by atoms with Crippen LogP contribution in [-0.2, 0) is 9.59 Å². The van der Waals surface area contributed by atoms with Crippen LogP contribution in [0.2, 0.25) is 0 Å². The molecule has 2 fully saturated rings. The van der Waals surface area contributed by atoms with Gasteiger partial charge < -0.3 is 15.5 Å². The zero-order valence-electron chi connectivity index (χ0n) is 10.4. The van der Waals surface area contributed by atoms with Crippen LogP contribution in [0.4, 0.5) is 0 Å². The highest BCUT2D eigenvalue weighted by molar-refractivity contribution is 5.92. The van der Waals surface area contributed by atoms with E-state index in [9.17, 15) is 9.59 Å². The third-order valence-corrected chi connectivity index (χ3v) is 3.96. The summed E-state index contributed by atoms with van der Waals surface area (Å²) in [6, 6.07) is 0.285. The van der Waals surface area contributed by atoms with E-state index in [1.807, 2.05) is 0 Å². The molecule has 2 N–H and O–H groups in total. The maximum Gasteiger partial charge on any atom is 0.242 e. The van der Waals surface area contributed by atoms with Crippen molar-refractivity contribution in [3.63, 3.8) is 0 Å². The van der Waals surface area contributed by atoms with Crippen LogP contribution in [0.3, 0.4) is 0 Å². The zero-order chi connectivity index (χ0) is 12.4. The Morgan fingerprint density at radius 1 is 1.24 bits per heavy atom. The zero-order valence-corrected chi connectivity index (χ0v) is 10.4. The first kappa shape index (κ1) is 12.4. The summed E-state index contributed by atoms with van der Waals surface area (Å²) in [5.74, 6) is 0.608. The van der Waals surface area contributed by atoms with Crippen molar-refractivity contribution >= 4 is 11.8 Å². The fourth-order valence-corrected chi connectivity index (χ4v) is 2.71. The van der Waals surface area contributed by atoms with Crippen molar-refractivity contribution in [3.8, 4) is 0 Å². The smallest absolute Gasteiger partial charge is 0.242 e. The average molecular weight is 239 g/mol. The lowest BCUT2D eigenvalue weighted by molar-refractivity contribution is -0.148. The van der Waals surface area contributed by atoms with Crippen molar-refractivity contribution < 1.29 is 9.59 Å². The van der Waals surface area contributed by atoms with E-state index >= 15 is 0 Å². The topological polar surface area (TPSA) is 66.6 Å². The summed E-state index contributed by atoms with van der Waals surface area (Å²) in [5.41, 5.74) is 6.00. The summed E-state index contributed by atoms with van der Waals surface area (Å²) >= 11 is 0. The Bertz CT molecular complexity index is 319. The van der Waals surface area contributed by atoms with Gasteiger partial charge >= 0.3 is 0 Å². The first-order valence-electron chi connectivity index (χ1n) is 6.35. The van der Waals surface area contributed by atoms with Gasteiger partial charge in [-0.25, -0.2) is 0 Å². The summed E-state index contributed by atoms with van der Waals surface area (Å²) in [6.45, 7) is 1.13. The molecular weight excluding hydrogens is 218 g/mol. The van der Waals surface area contributed by atoms with Crippen molar-refractivity contribution in [2.24, 2.45) is 11.7 Å². The lowest BCUT2D eigenvalue weighted by atomic mass is 10.00. The minimum atomic E-state index is 0.0281. The fourth-order valence-electron chi connectivity index (χ4n) is 2.71. The van der Waals surface area contributed by atoms with E-state index in [4.69, 9.17) is 5.73 Å². The normalized spacial score (nSPS) is 30.2. The minimum absolute atomic E-state index is 0.0281. The molecule has 0 aromatic heterocycles. The van der Waals surface area contributed by atoms with Crippen LogP contribution in [0.15, 0.2) is 0 Å².